The summed E-state index contributed by atoms with van der Waals surface area (Å²) >= 11 is 0. The maximum atomic E-state index is 6.69. The summed E-state index contributed by atoms with van der Waals surface area (Å²) in [4.78, 5) is 45.2. The van der Waals surface area contributed by atoms with Gasteiger partial charge >= 0.3 is 0 Å². The van der Waals surface area contributed by atoms with Crippen LogP contribution in [-0.4, -0.2) is 44.9 Å². The Bertz CT molecular complexity index is 6070. The summed E-state index contributed by atoms with van der Waals surface area (Å²) in [5.74, 6) is 3.72. The van der Waals surface area contributed by atoms with Gasteiger partial charge in [0.05, 0.1) is 45.3 Å². The molecule has 20 rings (SSSR count). The lowest BCUT2D eigenvalue weighted by Gasteiger charge is -2.10. The van der Waals surface area contributed by atoms with Crippen LogP contribution >= 0.6 is 0 Å². The van der Waals surface area contributed by atoms with E-state index in [1.807, 2.05) is 212 Å². The van der Waals surface area contributed by atoms with Crippen molar-refractivity contribution >= 4 is 43.9 Å². The summed E-state index contributed by atoms with van der Waals surface area (Å²) in [5.41, 5.74) is 24.2. The van der Waals surface area contributed by atoms with Gasteiger partial charge in [-0.2, -0.15) is 0 Å². The summed E-state index contributed by atoms with van der Waals surface area (Å²) < 4.78 is 13.4. The number of aromatic nitrogens is 9. The third-order valence-corrected chi connectivity index (χ3v) is 19.7. The largest absolute Gasteiger partial charge is 0.455 e. The SMILES string of the molecule is c1ccc(-c2cc(-c3ccccc3)nc(-c3ccc(-c4cccc5oc6c(-c7nc(-c8ccccc8)cc(-c8ccccc8)n7)cccc6c45)cc3)n2)cc1.c1ccc(-c2cc(-c3ccccc3)nc(-c3ccc(-c4cccc5oc6c(-c7nc(-c8ccccc8)nc(-c8ccccc8)n7)cccc6c45)cc3)n2)cc1. The van der Waals surface area contributed by atoms with Gasteiger partial charge in [-0.3, -0.25) is 0 Å². The zero-order valence-electron chi connectivity index (χ0n) is 59.2. The van der Waals surface area contributed by atoms with Gasteiger partial charge in [0.2, 0.25) is 0 Å². The Hall–Kier alpha value is -15.1. The molecule has 0 aliphatic carbocycles. The van der Waals surface area contributed by atoms with Crippen LogP contribution in [-0.2, 0) is 0 Å². The Balaban J connectivity index is 0.000000149. The first-order chi connectivity index (χ1) is 54.5. The van der Waals surface area contributed by atoms with Crippen molar-refractivity contribution in [2.24, 2.45) is 0 Å². The van der Waals surface area contributed by atoms with Crippen LogP contribution in [0.4, 0.5) is 0 Å². The number of hydrogen-bond donors (Lipinski definition) is 0. The molecule has 6 heterocycles. The van der Waals surface area contributed by atoms with Crippen molar-refractivity contribution in [1.29, 1.82) is 0 Å². The van der Waals surface area contributed by atoms with Gasteiger partial charge in [0, 0.05) is 77.2 Å². The number of rotatable bonds is 14. The molecular formula is C99H63N9O2. The zero-order chi connectivity index (χ0) is 73.1. The normalized spacial score (nSPS) is 11.3. The van der Waals surface area contributed by atoms with Crippen molar-refractivity contribution < 1.29 is 8.83 Å². The lowest BCUT2D eigenvalue weighted by atomic mass is 9.97. The molecule has 11 heteroatoms. The Labute approximate surface area is 634 Å². The van der Waals surface area contributed by atoms with Crippen molar-refractivity contribution in [1.82, 2.24) is 44.9 Å². The maximum Gasteiger partial charge on any atom is 0.167 e. The van der Waals surface area contributed by atoms with Crippen LogP contribution in [0.1, 0.15) is 0 Å². The monoisotopic (exact) mass is 1410 g/mol. The standard InChI is InChI=1S/C50H32N4O.C49H31N5O/c1-5-15-34(16-6-1)42-31-43(35-17-7-2-8-18-35)52-49(51-42)38-29-27-33(28-30-38)39-23-14-26-46-47(39)40-24-13-25-41(48(40)55-46)50-53-44(36-19-9-3-10-20-36)32-45(54-50)37-21-11-4-12-22-37;1-5-15-33(16-6-1)41-31-42(34-17-7-2-8-18-34)51-46(50-41)37-29-27-32(28-30-37)38-23-14-26-43-44(38)39-24-13-25-40(45(39)55-43)49-53-47(35-19-9-3-10-20-35)52-48(54-49)36-21-11-4-12-22-36/h1-32H;1-31H. The number of furan rings is 2. The van der Waals surface area contributed by atoms with E-state index in [9.17, 15) is 0 Å². The van der Waals surface area contributed by atoms with Gasteiger partial charge in [-0.05, 0) is 64.7 Å². The highest BCUT2D eigenvalue weighted by atomic mass is 16.3. The fourth-order valence-electron chi connectivity index (χ4n) is 14.3. The molecule has 516 valence electrons. The second-order valence-corrected chi connectivity index (χ2v) is 26.7. The van der Waals surface area contributed by atoms with E-state index in [2.05, 4.69) is 170 Å². The zero-order valence-corrected chi connectivity index (χ0v) is 59.2. The second-order valence-electron chi connectivity index (χ2n) is 26.7. The molecule has 6 aromatic heterocycles. The molecule has 0 amide bonds. The minimum absolute atomic E-state index is 0.552. The van der Waals surface area contributed by atoms with Gasteiger partial charge in [0.25, 0.3) is 0 Å². The summed E-state index contributed by atoms with van der Waals surface area (Å²) in [6.07, 6.45) is 0. The highest BCUT2D eigenvalue weighted by molar-refractivity contribution is 6.16. The number of para-hydroxylation sites is 2. The predicted molar refractivity (Wildman–Crippen MR) is 444 cm³/mol. The van der Waals surface area contributed by atoms with Crippen LogP contribution in [0.15, 0.2) is 391 Å². The molecule has 0 spiro atoms. The smallest absolute Gasteiger partial charge is 0.167 e. The average Bonchev–Trinajstić information content (AvgIpc) is 1.59. The number of nitrogens with zero attached hydrogens (tertiary/aromatic N) is 9. The highest BCUT2D eigenvalue weighted by Gasteiger charge is 2.23. The quantitative estimate of drug-likeness (QED) is 0.103. The Morgan fingerprint density at radius 3 is 0.673 bits per heavy atom. The highest BCUT2D eigenvalue weighted by Crippen LogP contribution is 2.44. The number of fused-ring (bicyclic) bond motifs is 6. The van der Waals surface area contributed by atoms with E-state index >= 15 is 0 Å². The van der Waals surface area contributed by atoms with E-state index in [0.717, 1.165) is 167 Å². The van der Waals surface area contributed by atoms with E-state index < -0.39 is 0 Å². The fraction of sp³-hybridized carbons (Fsp3) is 0. The second kappa shape index (κ2) is 29.1. The van der Waals surface area contributed by atoms with Crippen LogP contribution in [0, 0.1) is 0 Å². The van der Waals surface area contributed by atoms with Gasteiger partial charge in [0.15, 0.2) is 34.9 Å². The van der Waals surface area contributed by atoms with Gasteiger partial charge in [-0.15, -0.1) is 0 Å². The minimum Gasteiger partial charge on any atom is -0.455 e. The van der Waals surface area contributed by atoms with Gasteiger partial charge < -0.3 is 8.83 Å². The summed E-state index contributed by atoms with van der Waals surface area (Å²) in [5, 5.41) is 4.07. The molecule has 20 aromatic rings. The van der Waals surface area contributed by atoms with E-state index in [-0.39, 0.29) is 0 Å². The van der Waals surface area contributed by atoms with Crippen molar-refractivity contribution in [3.05, 3.63) is 382 Å². The Morgan fingerprint density at radius 2 is 0.373 bits per heavy atom. The average molecular weight is 1410 g/mol. The summed E-state index contributed by atoms with van der Waals surface area (Å²) in [6, 6.07) is 129. The number of benzene rings is 14. The van der Waals surface area contributed by atoms with Crippen molar-refractivity contribution in [2.45, 2.75) is 0 Å². The van der Waals surface area contributed by atoms with Crippen LogP contribution in [0.5, 0.6) is 0 Å². The van der Waals surface area contributed by atoms with Crippen LogP contribution in [0.2, 0.25) is 0 Å². The predicted octanol–water partition coefficient (Wildman–Crippen LogP) is 25.1. The van der Waals surface area contributed by atoms with E-state index in [0.29, 0.717) is 34.9 Å². The molecule has 11 nitrogen and oxygen atoms in total. The molecule has 0 atom stereocenters. The van der Waals surface area contributed by atoms with Crippen molar-refractivity contribution in [3.8, 4) is 158 Å². The first-order valence-corrected chi connectivity index (χ1v) is 36.5. The topological polar surface area (TPSA) is 142 Å². The van der Waals surface area contributed by atoms with Crippen LogP contribution in [0.25, 0.3) is 202 Å². The molecule has 0 N–H and O–H groups in total. The molecule has 0 aliphatic rings. The molecule has 0 radical (unpaired) electrons. The van der Waals surface area contributed by atoms with Crippen LogP contribution in [0.3, 0.4) is 0 Å². The lowest BCUT2D eigenvalue weighted by Crippen LogP contribution is -2.00. The van der Waals surface area contributed by atoms with Gasteiger partial charge in [-0.1, -0.05) is 340 Å². The maximum absolute atomic E-state index is 6.69. The first kappa shape index (κ1) is 65.7. The molecule has 0 bridgehead atoms. The van der Waals surface area contributed by atoms with E-state index in [4.69, 9.17) is 53.7 Å². The third kappa shape index (κ3) is 13.1. The van der Waals surface area contributed by atoms with Crippen LogP contribution < -0.4 is 0 Å². The lowest BCUT2D eigenvalue weighted by molar-refractivity contribution is 0.669. The Kier molecular flexibility index (Phi) is 17.4. The van der Waals surface area contributed by atoms with E-state index in [1.165, 1.54) is 0 Å². The van der Waals surface area contributed by atoms with Gasteiger partial charge in [0.1, 0.15) is 22.3 Å². The molecule has 14 aromatic carbocycles. The minimum atomic E-state index is 0.552. The molecule has 0 aliphatic heterocycles. The Morgan fingerprint density at radius 1 is 0.155 bits per heavy atom. The number of hydrogen-bond acceptors (Lipinski definition) is 11. The first-order valence-electron chi connectivity index (χ1n) is 36.5. The molecule has 0 saturated heterocycles. The van der Waals surface area contributed by atoms with Crippen molar-refractivity contribution in [2.75, 3.05) is 0 Å². The molecule has 0 saturated carbocycles. The van der Waals surface area contributed by atoms with Crippen molar-refractivity contribution in [3.63, 3.8) is 0 Å². The third-order valence-electron chi connectivity index (χ3n) is 19.7. The molecule has 0 fully saturated rings. The summed E-state index contributed by atoms with van der Waals surface area (Å²) in [7, 11) is 0. The molecule has 0 unspecified atom stereocenters. The molecule has 110 heavy (non-hydrogen) atoms. The summed E-state index contributed by atoms with van der Waals surface area (Å²) in [6.45, 7) is 0. The van der Waals surface area contributed by atoms with Gasteiger partial charge in [-0.25, -0.2) is 44.9 Å². The fourth-order valence-corrected chi connectivity index (χ4v) is 14.3. The van der Waals surface area contributed by atoms with E-state index in [1.54, 1.807) is 0 Å². The molecular weight excluding hydrogens is 1350 g/mol.